The molecule has 0 fully saturated rings. The summed E-state index contributed by atoms with van der Waals surface area (Å²) in [5.41, 5.74) is 0.626. The van der Waals surface area contributed by atoms with E-state index in [9.17, 15) is 28.9 Å². The lowest BCUT2D eigenvalue weighted by molar-refractivity contribution is 0.178. The van der Waals surface area contributed by atoms with Crippen LogP contribution in [0.25, 0.3) is 0 Å². The summed E-state index contributed by atoms with van der Waals surface area (Å²) in [5.74, 6) is -0.490. The highest BCUT2D eigenvalue weighted by Crippen LogP contribution is 3.02. The van der Waals surface area contributed by atoms with E-state index in [1.807, 2.05) is 0 Å². The first-order valence-electron chi connectivity index (χ1n) is 6.12. The molecule has 2 aromatic rings. The molecule has 0 heterocycles. The number of benzene rings is 2. The Morgan fingerprint density at radius 2 is 1.32 bits per heavy atom. The molecule has 0 aromatic heterocycles. The van der Waals surface area contributed by atoms with Crippen LogP contribution in [0.1, 0.15) is 17.2 Å². The number of aliphatic hydroxyl groups is 1. The van der Waals surface area contributed by atoms with Gasteiger partial charge in [0, 0.05) is 6.42 Å². The van der Waals surface area contributed by atoms with E-state index in [2.05, 4.69) is 0 Å². The Morgan fingerprint density at radius 3 is 1.77 bits per heavy atom. The SMILES string of the molecule is O[C@@H](Cc1ccc(S(F)(F)(F)(F)F)cc1)c1ccc(F)cc1. The van der Waals surface area contributed by atoms with Gasteiger partial charge in [0.15, 0.2) is 0 Å². The Morgan fingerprint density at radius 1 is 0.818 bits per heavy atom. The van der Waals surface area contributed by atoms with Crippen molar-refractivity contribution >= 4 is 10.2 Å². The summed E-state index contributed by atoms with van der Waals surface area (Å²) in [6.45, 7) is 0. The van der Waals surface area contributed by atoms with Crippen molar-refractivity contribution in [1.82, 2.24) is 0 Å². The third-order valence-electron chi connectivity index (χ3n) is 3.05. The fourth-order valence-corrected chi connectivity index (χ4v) is 2.56. The van der Waals surface area contributed by atoms with Crippen molar-refractivity contribution in [3.05, 3.63) is 65.5 Å². The van der Waals surface area contributed by atoms with Crippen molar-refractivity contribution in [1.29, 1.82) is 0 Å². The van der Waals surface area contributed by atoms with E-state index in [0.717, 1.165) is 24.3 Å². The molecular formula is C14H12F6OS. The zero-order valence-electron chi connectivity index (χ0n) is 11.0. The van der Waals surface area contributed by atoms with Gasteiger partial charge in [-0.05, 0) is 35.4 Å². The topological polar surface area (TPSA) is 20.2 Å². The Kier molecular flexibility index (Phi) is 3.54. The van der Waals surface area contributed by atoms with Crippen molar-refractivity contribution in [3.8, 4) is 0 Å². The molecule has 0 aliphatic heterocycles. The van der Waals surface area contributed by atoms with Gasteiger partial charge in [-0.2, -0.15) is 0 Å². The molecule has 1 nitrogen and oxygen atoms in total. The minimum Gasteiger partial charge on any atom is -0.388 e. The lowest BCUT2D eigenvalue weighted by Gasteiger charge is -2.40. The van der Waals surface area contributed by atoms with Gasteiger partial charge in [-0.25, -0.2) is 4.39 Å². The lowest BCUT2D eigenvalue weighted by atomic mass is 10.0. The Bertz CT molecular complexity index is 663. The van der Waals surface area contributed by atoms with Crippen LogP contribution in [0, 0.1) is 5.82 Å². The molecule has 0 saturated heterocycles. The average Bonchev–Trinajstić information content (AvgIpc) is 2.37. The van der Waals surface area contributed by atoms with Gasteiger partial charge >= 0.3 is 10.2 Å². The van der Waals surface area contributed by atoms with Gasteiger partial charge in [0.1, 0.15) is 10.7 Å². The molecule has 1 N–H and O–H groups in total. The Labute approximate surface area is 122 Å². The predicted octanol–water partition coefficient (Wildman–Crippen LogP) is 5.76. The van der Waals surface area contributed by atoms with Gasteiger partial charge < -0.3 is 5.11 Å². The summed E-state index contributed by atoms with van der Waals surface area (Å²) in [6.07, 6.45) is -1.15. The number of hydrogen-bond donors (Lipinski definition) is 1. The molecule has 0 spiro atoms. The number of hydrogen-bond acceptors (Lipinski definition) is 1. The molecule has 0 amide bonds. The van der Waals surface area contributed by atoms with Crippen molar-refractivity contribution in [2.45, 2.75) is 17.4 Å². The minimum absolute atomic E-state index is 0.0772. The van der Waals surface area contributed by atoms with Gasteiger partial charge in [0.25, 0.3) is 0 Å². The molecule has 1 atom stereocenters. The predicted molar refractivity (Wildman–Crippen MR) is 72.9 cm³/mol. The quantitative estimate of drug-likeness (QED) is 0.701. The maximum absolute atomic E-state index is 12.7. The van der Waals surface area contributed by atoms with Crippen LogP contribution in [-0.4, -0.2) is 5.11 Å². The molecular weight excluding hydrogens is 330 g/mol. The molecule has 0 bridgehead atoms. The summed E-state index contributed by atoms with van der Waals surface area (Å²) in [6, 6.07) is 7.32. The van der Waals surface area contributed by atoms with E-state index in [4.69, 9.17) is 0 Å². The van der Waals surface area contributed by atoms with Crippen LogP contribution in [0.15, 0.2) is 53.4 Å². The van der Waals surface area contributed by atoms with Crippen molar-refractivity contribution in [2.24, 2.45) is 0 Å². The van der Waals surface area contributed by atoms with E-state index in [-0.39, 0.29) is 12.0 Å². The summed E-state index contributed by atoms with van der Waals surface area (Å²) < 4.78 is 75.5. The van der Waals surface area contributed by atoms with E-state index in [1.54, 1.807) is 0 Å². The first-order valence-corrected chi connectivity index (χ1v) is 8.07. The Hall–Kier alpha value is -1.67. The summed E-state index contributed by atoms with van der Waals surface area (Å²) in [5, 5.41) is 9.91. The van der Waals surface area contributed by atoms with Gasteiger partial charge in [0.2, 0.25) is 0 Å². The largest absolute Gasteiger partial charge is 0.388 e. The van der Waals surface area contributed by atoms with Gasteiger partial charge in [-0.15, -0.1) is 0 Å². The van der Waals surface area contributed by atoms with Gasteiger partial charge in [-0.3, -0.25) is 0 Å². The zero-order valence-corrected chi connectivity index (χ0v) is 11.8. The average molecular weight is 342 g/mol. The van der Waals surface area contributed by atoms with E-state index >= 15 is 0 Å². The van der Waals surface area contributed by atoms with E-state index < -0.39 is 27.0 Å². The summed E-state index contributed by atoms with van der Waals surface area (Å²) in [4.78, 5) is -1.97. The van der Waals surface area contributed by atoms with Crippen LogP contribution >= 0.6 is 10.2 Å². The highest BCUT2D eigenvalue weighted by molar-refractivity contribution is 8.45. The van der Waals surface area contributed by atoms with Gasteiger partial charge in [-0.1, -0.05) is 43.7 Å². The first-order chi connectivity index (χ1) is 9.85. The first kappa shape index (κ1) is 16.7. The number of rotatable bonds is 4. The maximum atomic E-state index is 12.7. The van der Waals surface area contributed by atoms with Gasteiger partial charge in [0.05, 0.1) is 6.10 Å². The van der Waals surface area contributed by atoms with Crippen LogP contribution in [0.2, 0.25) is 0 Å². The molecule has 0 unspecified atom stereocenters. The van der Waals surface area contributed by atoms with Crippen molar-refractivity contribution in [3.63, 3.8) is 0 Å². The highest BCUT2D eigenvalue weighted by atomic mass is 32.5. The lowest BCUT2D eigenvalue weighted by Crippen LogP contribution is -2.06. The molecule has 122 valence electrons. The van der Waals surface area contributed by atoms with Crippen LogP contribution < -0.4 is 0 Å². The van der Waals surface area contributed by atoms with Crippen molar-refractivity contribution < 1.29 is 28.9 Å². The van der Waals surface area contributed by atoms with Crippen LogP contribution in [0.4, 0.5) is 23.8 Å². The monoisotopic (exact) mass is 342 g/mol. The van der Waals surface area contributed by atoms with Crippen molar-refractivity contribution in [2.75, 3.05) is 0 Å². The molecule has 2 rings (SSSR count). The van der Waals surface area contributed by atoms with Crippen LogP contribution in [0.3, 0.4) is 0 Å². The normalized spacial score (nSPS) is 16.7. The second-order valence-corrected chi connectivity index (χ2v) is 7.29. The molecule has 0 radical (unpaired) electrons. The van der Waals surface area contributed by atoms with E-state index in [1.165, 1.54) is 12.1 Å². The third-order valence-corrected chi connectivity index (χ3v) is 4.22. The fraction of sp³-hybridized carbons (Fsp3) is 0.143. The zero-order chi connectivity index (χ0) is 16.7. The summed E-state index contributed by atoms with van der Waals surface area (Å²) in [7, 11) is -9.68. The second kappa shape index (κ2) is 4.66. The standard InChI is InChI=1S/C14H12F6OS/c15-12-5-3-11(4-6-12)14(21)9-10-1-7-13(8-2-10)22(16,17,18,19)20/h1-8,14,21H,9H2/t14-/m0/s1. The fourth-order valence-electron chi connectivity index (χ4n) is 1.91. The molecule has 8 heteroatoms. The summed E-state index contributed by atoms with van der Waals surface area (Å²) >= 11 is 0. The number of halogens is 6. The molecule has 0 saturated carbocycles. The Balaban J connectivity index is 2.17. The van der Waals surface area contributed by atoms with Crippen LogP contribution in [0.5, 0.6) is 0 Å². The van der Waals surface area contributed by atoms with Crippen LogP contribution in [-0.2, 0) is 6.42 Å². The van der Waals surface area contributed by atoms with E-state index in [0.29, 0.717) is 17.7 Å². The second-order valence-electron chi connectivity index (χ2n) is 4.88. The molecule has 0 aliphatic rings. The minimum atomic E-state index is -9.68. The molecule has 22 heavy (non-hydrogen) atoms. The molecule has 0 aliphatic carbocycles. The third kappa shape index (κ3) is 4.17. The molecule has 2 aromatic carbocycles. The maximum Gasteiger partial charge on any atom is 0.310 e. The number of aliphatic hydroxyl groups excluding tert-OH is 1. The smallest absolute Gasteiger partial charge is 0.310 e. The highest BCUT2D eigenvalue weighted by Gasteiger charge is 2.65.